The Labute approximate surface area is 133 Å². The van der Waals surface area contributed by atoms with E-state index in [0.717, 1.165) is 44.7 Å². The zero-order chi connectivity index (χ0) is 16.2. The molecule has 1 N–H and O–H groups in total. The molecule has 1 saturated heterocycles. The molecule has 0 saturated carbocycles. The molecule has 0 bridgehead atoms. The highest BCUT2D eigenvalue weighted by Gasteiger charge is 2.28. The van der Waals surface area contributed by atoms with Gasteiger partial charge in [0.15, 0.2) is 0 Å². The predicted octanol–water partition coefficient (Wildman–Crippen LogP) is 2.74. The maximum absolute atomic E-state index is 13.0. The van der Waals surface area contributed by atoms with Crippen LogP contribution in [0.25, 0.3) is 0 Å². The highest BCUT2D eigenvalue weighted by molar-refractivity contribution is 5.16. The SMILES string of the molecule is CC(C)(C)CN1CCN(Cc2ccc(F)cc2)C(CCO)C1. The number of nitrogens with zero attached hydrogens (tertiary/aromatic N) is 2. The van der Waals surface area contributed by atoms with E-state index < -0.39 is 0 Å². The Morgan fingerprint density at radius 1 is 1.18 bits per heavy atom. The van der Waals surface area contributed by atoms with E-state index in [0.29, 0.717) is 11.5 Å². The third-order valence-corrected chi connectivity index (χ3v) is 4.15. The number of hydrogen-bond donors (Lipinski definition) is 1. The van der Waals surface area contributed by atoms with Crippen LogP contribution in [-0.4, -0.2) is 53.7 Å². The molecule has 0 aliphatic carbocycles. The number of aliphatic hydroxyl groups is 1. The molecule has 0 spiro atoms. The van der Waals surface area contributed by atoms with E-state index >= 15 is 0 Å². The summed E-state index contributed by atoms with van der Waals surface area (Å²) in [4.78, 5) is 4.92. The van der Waals surface area contributed by atoms with Gasteiger partial charge in [-0.1, -0.05) is 32.9 Å². The molecule has 4 heteroatoms. The lowest BCUT2D eigenvalue weighted by molar-refractivity contribution is 0.0382. The molecule has 0 radical (unpaired) electrons. The second-order valence-corrected chi connectivity index (χ2v) is 7.56. The van der Waals surface area contributed by atoms with Crippen molar-refractivity contribution in [3.63, 3.8) is 0 Å². The van der Waals surface area contributed by atoms with Crippen LogP contribution in [-0.2, 0) is 6.54 Å². The van der Waals surface area contributed by atoms with Crippen LogP contribution in [0.15, 0.2) is 24.3 Å². The smallest absolute Gasteiger partial charge is 0.123 e. The van der Waals surface area contributed by atoms with Crippen LogP contribution in [0.4, 0.5) is 4.39 Å². The Balaban J connectivity index is 1.97. The summed E-state index contributed by atoms with van der Waals surface area (Å²) in [6, 6.07) is 7.12. The zero-order valence-electron chi connectivity index (χ0n) is 14.1. The molecule has 0 amide bonds. The van der Waals surface area contributed by atoms with E-state index in [9.17, 15) is 9.50 Å². The van der Waals surface area contributed by atoms with Gasteiger partial charge in [0.25, 0.3) is 0 Å². The van der Waals surface area contributed by atoms with Crippen molar-refractivity contribution in [2.45, 2.75) is 39.8 Å². The molecular weight excluding hydrogens is 279 g/mol. The third kappa shape index (κ3) is 5.34. The minimum absolute atomic E-state index is 0.189. The van der Waals surface area contributed by atoms with Gasteiger partial charge in [0.1, 0.15) is 5.82 Å². The van der Waals surface area contributed by atoms with Gasteiger partial charge in [-0.3, -0.25) is 9.80 Å². The van der Waals surface area contributed by atoms with Gasteiger partial charge >= 0.3 is 0 Å². The van der Waals surface area contributed by atoms with Crippen LogP contribution in [0.3, 0.4) is 0 Å². The fourth-order valence-corrected chi connectivity index (χ4v) is 3.23. The maximum Gasteiger partial charge on any atom is 0.123 e. The van der Waals surface area contributed by atoms with Crippen LogP contribution in [0.2, 0.25) is 0 Å². The lowest BCUT2D eigenvalue weighted by atomic mass is 9.95. The number of rotatable bonds is 5. The van der Waals surface area contributed by atoms with E-state index in [1.165, 1.54) is 12.1 Å². The highest BCUT2D eigenvalue weighted by atomic mass is 19.1. The first-order chi connectivity index (χ1) is 10.4. The molecule has 1 aromatic rings. The van der Waals surface area contributed by atoms with Crippen molar-refractivity contribution in [3.8, 4) is 0 Å². The number of benzene rings is 1. The second-order valence-electron chi connectivity index (χ2n) is 7.56. The van der Waals surface area contributed by atoms with Crippen molar-refractivity contribution in [1.82, 2.24) is 9.80 Å². The first kappa shape index (κ1) is 17.4. The first-order valence-electron chi connectivity index (χ1n) is 8.19. The van der Waals surface area contributed by atoms with Gasteiger partial charge in [-0.05, 0) is 29.5 Å². The average Bonchev–Trinajstić information content (AvgIpc) is 2.43. The molecule has 22 heavy (non-hydrogen) atoms. The van der Waals surface area contributed by atoms with Crippen LogP contribution < -0.4 is 0 Å². The molecule has 0 aromatic heterocycles. The average molecular weight is 308 g/mol. The fourth-order valence-electron chi connectivity index (χ4n) is 3.23. The molecule has 1 aliphatic heterocycles. The van der Waals surface area contributed by atoms with Crippen LogP contribution in [0.5, 0.6) is 0 Å². The molecule has 1 atom stereocenters. The Hall–Kier alpha value is -0.970. The summed E-state index contributed by atoms with van der Waals surface area (Å²) in [6.07, 6.45) is 0.793. The lowest BCUT2D eigenvalue weighted by Crippen LogP contribution is -2.54. The van der Waals surface area contributed by atoms with E-state index in [4.69, 9.17) is 0 Å². The highest BCUT2D eigenvalue weighted by Crippen LogP contribution is 2.21. The second kappa shape index (κ2) is 7.53. The van der Waals surface area contributed by atoms with E-state index in [1.54, 1.807) is 0 Å². The summed E-state index contributed by atoms with van der Waals surface area (Å²) in [5.41, 5.74) is 1.43. The van der Waals surface area contributed by atoms with Crippen LogP contribution >= 0.6 is 0 Å². The van der Waals surface area contributed by atoms with Crippen molar-refractivity contribution < 1.29 is 9.50 Å². The minimum atomic E-state index is -0.189. The van der Waals surface area contributed by atoms with E-state index in [1.807, 2.05) is 12.1 Å². The molecule has 1 aromatic carbocycles. The van der Waals surface area contributed by atoms with Gasteiger partial charge in [0.05, 0.1) is 0 Å². The summed E-state index contributed by atoms with van der Waals surface area (Å²) in [5, 5.41) is 9.36. The van der Waals surface area contributed by atoms with Crippen molar-refractivity contribution in [1.29, 1.82) is 0 Å². The molecule has 1 heterocycles. The topological polar surface area (TPSA) is 26.7 Å². The molecule has 124 valence electrons. The van der Waals surface area contributed by atoms with Crippen LogP contribution in [0.1, 0.15) is 32.8 Å². The summed E-state index contributed by atoms with van der Waals surface area (Å²) in [5.74, 6) is -0.189. The Bertz CT molecular complexity index is 455. The standard InChI is InChI=1S/C18H29FN2O/c1-18(2,3)14-20-9-10-21(17(13-20)8-11-22)12-15-4-6-16(19)7-5-15/h4-7,17,22H,8-14H2,1-3H3. The molecule has 1 aliphatic rings. The van der Waals surface area contributed by atoms with Gasteiger partial charge < -0.3 is 5.11 Å². The molecule has 1 unspecified atom stereocenters. The molecule has 3 nitrogen and oxygen atoms in total. The Kier molecular flexibility index (Phi) is 5.95. The Morgan fingerprint density at radius 2 is 1.86 bits per heavy atom. The number of piperazine rings is 1. The normalized spacial score (nSPS) is 21.2. The van der Waals surface area contributed by atoms with Crippen molar-refractivity contribution in [2.75, 3.05) is 32.8 Å². The lowest BCUT2D eigenvalue weighted by Gasteiger charge is -2.43. The van der Waals surface area contributed by atoms with Crippen LogP contribution in [0, 0.1) is 11.2 Å². The number of aliphatic hydroxyl groups excluding tert-OH is 1. The number of halogens is 1. The van der Waals surface area contributed by atoms with Gasteiger partial charge in [0, 0.05) is 45.4 Å². The molecule has 1 fully saturated rings. The van der Waals surface area contributed by atoms with Gasteiger partial charge in [-0.2, -0.15) is 0 Å². The largest absolute Gasteiger partial charge is 0.396 e. The quantitative estimate of drug-likeness (QED) is 0.906. The zero-order valence-corrected chi connectivity index (χ0v) is 14.1. The van der Waals surface area contributed by atoms with E-state index in [-0.39, 0.29) is 12.4 Å². The maximum atomic E-state index is 13.0. The minimum Gasteiger partial charge on any atom is -0.396 e. The summed E-state index contributed by atoms with van der Waals surface area (Å²) in [6.45, 7) is 12.0. The molecule has 2 rings (SSSR count). The van der Waals surface area contributed by atoms with E-state index in [2.05, 4.69) is 30.6 Å². The van der Waals surface area contributed by atoms with Crippen molar-refractivity contribution in [2.24, 2.45) is 5.41 Å². The van der Waals surface area contributed by atoms with Crippen molar-refractivity contribution >= 4 is 0 Å². The molecular formula is C18H29FN2O. The monoisotopic (exact) mass is 308 g/mol. The predicted molar refractivity (Wildman–Crippen MR) is 88.2 cm³/mol. The van der Waals surface area contributed by atoms with Crippen molar-refractivity contribution in [3.05, 3.63) is 35.6 Å². The van der Waals surface area contributed by atoms with Gasteiger partial charge in [-0.15, -0.1) is 0 Å². The van der Waals surface area contributed by atoms with Gasteiger partial charge in [0.2, 0.25) is 0 Å². The first-order valence-corrected chi connectivity index (χ1v) is 8.19. The Morgan fingerprint density at radius 3 is 2.45 bits per heavy atom. The summed E-state index contributed by atoms with van der Waals surface area (Å²) in [7, 11) is 0. The summed E-state index contributed by atoms with van der Waals surface area (Å²) >= 11 is 0. The third-order valence-electron chi connectivity index (χ3n) is 4.15. The van der Waals surface area contributed by atoms with Gasteiger partial charge in [-0.25, -0.2) is 4.39 Å². The number of hydrogen-bond acceptors (Lipinski definition) is 3. The summed E-state index contributed by atoms with van der Waals surface area (Å²) < 4.78 is 13.0. The fraction of sp³-hybridized carbons (Fsp3) is 0.667.